The standard InChI is InChI=1S/C13H13ClN2O/c14-12-3-1-2-11(8-15)13(12)17-9-10-4-6-16-7-5-10/h1-7H,8-9,15H2. The topological polar surface area (TPSA) is 48.1 Å². The number of para-hydroxylation sites is 1. The van der Waals surface area contributed by atoms with Crippen LogP contribution in [0.5, 0.6) is 5.75 Å². The van der Waals surface area contributed by atoms with E-state index in [0.29, 0.717) is 23.9 Å². The van der Waals surface area contributed by atoms with E-state index in [4.69, 9.17) is 22.1 Å². The highest BCUT2D eigenvalue weighted by atomic mass is 35.5. The number of nitrogens with two attached hydrogens (primary N) is 1. The van der Waals surface area contributed by atoms with Crippen LogP contribution in [0.3, 0.4) is 0 Å². The number of rotatable bonds is 4. The van der Waals surface area contributed by atoms with Gasteiger partial charge in [-0.3, -0.25) is 4.98 Å². The molecule has 0 unspecified atom stereocenters. The first-order valence-corrected chi connectivity index (χ1v) is 5.68. The number of hydrogen-bond acceptors (Lipinski definition) is 3. The van der Waals surface area contributed by atoms with Gasteiger partial charge in [-0.15, -0.1) is 0 Å². The smallest absolute Gasteiger partial charge is 0.142 e. The van der Waals surface area contributed by atoms with Crippen molar-refractivity contribution < 1.29 is 4.74 Å². The van der Waals surface area contributed by atoms with Crippen LogP contribution in [0.25, 0.3) is 0 Å². The third-order valence-electron chi connectivity index (χ3n) is 2.40. The molecule has 1 heterocycles. The zero-order chi connectivity index (χ0) is 12.1. The minimum absolute atomic E-state index is 0.409. The predicted molar refractivity (Wildman–Crippen MR) is 67.9 cm³/mol. The van der Waals surface area contributed by atoms with Gasteiger partial charge in [0.05, 0.1) is 5.02 Å². The van der Waals surface area contributed by atoms with E-state index < -0.39 is 0 Å². The zero-order valence-corrected chi connectivity index (χ0v) is 10.0. The van der Waals surface area contributed by atoms with Crippen molar-refractivity contribution in [3.05, 3.63) is 58.9 Å². The molecule has 17 heavy (non-hydrogen) atoms. The molecule has 0 bridgehead atoms. The average molecular weight is 249 g/mol. The van der Waals surface area contributed by atoms with E-state index in [2.05, 4.69) is 4.98 Å². The molecule has 0 amide bonds. The number of ether oxygens (including phenoxy) is 1. The van der Waals surface area contributed by atoms with E-state index in [1.165, 1.54) is 0 Å². The molecule has 88 valence electrons. The molecular weight excluding hydrogens is 236 g/mol. The summed E-state index contributed by atoms with van der Waals surface area (Å²) in [7, 11) is 0. The van der Waals surface area contributed by atoms with Crippen LogP contribution in [0.4, 0.5) is 0 Å². The molecule has 3 nitrogen and oxygen atoms in total. The minimum Gasteiger partial charge on any atom is -0.487 e. The Hall–Kier alpha value is -1.58. The molecule has 0 aliphatic heterocycles. The summed E-state index contributed by atoms with van der Waals surface area (Å²) in [4.78, 5) is 3.95. The van der Waals surface area contributed by atoms with Crippen molar-refractivity contribution in [3.8, 4) is 5.75 Å². The second-order valence-electron chi connectivity index (χ2n) is 3.58. The van der Waals surface area contributed by atoms with E-state index in [1.807, 2.05) is 24.3 Å². The van der Waals surface area contributed by atoms with E-state index in [9.17, 15) is 0 Å². The molecule has 0 saturated carbocycles. The maximum absolute atomic E-state index is 6.08. The molecule has 0 aliphatic carbocycles. The number of benzene rings is 1. The molecule has 0 radical (unpaired) electrons. The van der Waals surface area contributed by atoms with Crippen molar-refractivity contribution in [1.29, 1.82) is 0 Å². The Bertz CT molecular complexity index is 488. The van der Waals surface area contributed by atoms with Gasteiger partial charge in [-0.25, -0.2) is 0 Å². The Labute approximate surface area is 105 Å². The summed E-state index contributed by atoms with van der Waals surface area (Å²) in [6, 6.07) is 9.37. The normalized spacial score (nSPS) is 10.2. The average Bonchev–Trinajstić information content (AvgIpc) is 2.38. The molecule has 0 saturated heterocycles. The monoisotopic (exact) mass is 248 g/mol. The van der Waals surface area contributed by atoms with Crippen molar-refractivity contribution in [1.82, 2.24) is 4.98 Å². The van der Waals surface area contributed by atoms with E-state index in [0.717, 1.165) is 11.1 Å². The maximum atomic E-state index is 6.08. The van der Waals surface area contributed by atoms with Gasteiger partial charge in [-0.2, -0.15) is 0 Å². The lowest BCUT2D eigenvalue weighted by Gasteiger charge is -2.11. The van der Waals surface area contributed by atoms with Gasteiger partial charge in [0, 0.05) is 24.5 Å². The van der Waals surface area contributed by atoms with Gasteiger partial charge in [0.15, 0.2) is 0 Å². The molecule has 1 aromatic carbocycles. The van der Waals surface area contributed by atoms with Gasteiger partial charge >= 0.3 is 0 Å². The van der Waals surface area contributed by atoms with Crippen molar-refractivity contribution in [2.75, 3.05) is 0 Å². The predicted octanol–water partition coefficient (Wildman–Crippen LogP) is 2.77. The number of aromatic nitrogens is 1. The fourth-order valence-electron chi connectivity index (χ4n) is 1.51. The summed E-state index contributed by atoms with van der Waals surface area (Å²) >= 11 is 6.08. The van der Waals surface area contributed by atoms with Gasteiger partial charge in [-0.05, 0) is 23.8 Å². The highest BCUT2D eigenvalue weighted by Gasteiger charge is 2.07. The zero-order valence-electron chi connectivity index (χ0n) is 9.27. The summed E-state index contributed by atoms with van der Waals surface area (Å²) in [6.45, 7) is 0.867. The van der Waals surface area contributed by atoms with Gasteiger partial charge in [-0.1, -0.05) is 23.7 Å². The molecule has 0 spiro atoms. The van der Waals surface area contributed by atoms with Crippen molar-refractivity contribution in [3.63, 3.8) is 0 Å². The Morgan fingerprint density at radius 2 is 1.94 bits per heavy atom. The van der Waals surface area contributed by atoms with Crippen LogP contribution >= 0.6 is 11.6 Å². The maximum Gasteiger partial charge on any atom is 0.142 e. The summed E-state index contributed by atoms with van der Waals surface area (Å²) in [5, 5.41) is 0.585. The third kappa shape index (κ3) is 2.96. The lowest BCUT2D eigenvalue weighted by Crippen LogP contribution is -2.03. The molecule has 2 N–H and O–H groups in total. The highest BCUT2D eigenvalue weighted by molar-refractivity contribution is 6.32. The molecule has 0 aliphatic rings. The molecular formula is C13H13ClN2O. The Balaban J connectivity index is 2.14. The lowest BCUT2D eigenvalue weighted by atomic mass is 10.2. The Morgan fingerprint density at radius 1 is 1.18 bits per heavy atom. The van der Waals surface area contributed by atoms with E-state index >= 15 is 0 Å². The minimum atomic E-state index is 0.409. The molecule has 4 heteroatoms. The molecule has 0 fully saturated rings. The Morgan fingerprint density at radius 3 is 2.65 bits per heavy atom. The van der Waals surface area contributed by atoms with Gasteiger partial charge in [0.2, 0.25) is 0 Å². The van der Waals surface area contributed by atoms with Crippen LogP contribution in [0.2, 0.25) is 5.02 Å². The second kappa shape index (κ2) is 5.66. The first-order valence-electron chi connectivity index (χ1n) is 5.30. The number of hydrogen-bond donors (Lipinski definition) is 1. The summed E-state index contributed by atoms with van der Waals surface area (Å²) in [5.74, 6) is 0.661. The van der Waals surface area contributed by atoms with Gasteiger partial charge in [0.1, 0.15) is 12.4 Å². The second-order valence-corrected chi connectivity index (χ2v) is 3.98. The number of halogens is 1. The van der Waals surface area contributed by atoms with Gasteiger partial charge < -0.3 is 10.5 Å². The Kier molecular flexibility index (Phi) is 3.96. The number of nitrogens with zero attached hydrogens (tertiary/aromatic N) is 1. The van der Waals surface area contributed by atoms with Gasteiger partial charge in [0.25, 0.3) is 0 Å². The summed E-state index contributed by atoms with van der Waals surface area (Å²) < 4.78 is 5.71. The molecule has 2 rings (SSSR count). The highest BCUT2D eigenvalue weighted by Crippen LogP contribution is 2.29. The van der Waals surface area contributed by atoms with Crippen LogP contribution in [0.15, 0.2) is 42.7 Å². The lowest BCUT2D eigenvalue weighted by molar-refractivity contribution is 0.303. The van der Waals surface area contributed by atoms with E-state index in [1.54, 1.807) is 18.5 Å². The molecule has 2 aromatic rings. The summed E-state index contributed by atoms with van der Waals surface area (Å²) in [5.41, 5.74) is 7.59. The van der Waals surface area contributed by atoms with Crippen LogP contribution < -0.4 is 10.5 Å². The SMILES string of the molecule is NCc1cccc(Cl)c1OCc1ccncc1. The van der Waals surface area contributed by atoms with Crippen molar-refractivity contribution in [2.24, 2.45) is 5.73 Å². The molecule has 1 aromatic heterocycles. The fourth-order valence-corrected chi connectivity index (χ4v) is 1.76. The first kappa shape index (κ1) is 11.9. The fraction of sp³-hybridized carbons (Fsp3) is 0.154. The van der Waals surface area contributed by atoms with Crippen LogP contribution in [-0.4, -0.2) is 4.98 Å². The third-order valence-corrected chi connectivity index (χ3v) is 2.70. The van der Waals surface area contributed by atoms with E-state index in [-0.39, 0.29) is 0 Å². The van der Waals surface area contributed by atoms with Crippen molar-refractivity contribution >= 4 is 11.6 Å². The largest absolute Gasteiger partial charge is 0.487 e. The summed E-state index contributed by atoms with van der Waals surface area (Å²) in [6.07, 6.45) is 3.46. The van der Waals surface area contributed by atoms with Crippen LogP contribution in [0.1, 0.15) is 11.1 Å². The van der Waals surface area contributed by atoms with Crippen molar-refractivity contribution in [2.45, 2.75) is 13.2 Å². The quantitative estimate of drug-likeness (QED) is 0.905. The van der Waals surface area contributed by atoms with Crippen LogP contribution in [0, 0.1) is 0 Å². The molecule has 0 atom stereocenters. The first-order chi connectivity index (χ1) is 8.31. The number of pyridine rings is 1. The van der Waals surface area contributed by atoms with Crippen LogP contribution in [-0.2, 0) is 13.2 Å².